The summed E-state index contributed by atoms with van der Waals surface area (Å²) in [6.45, 7) is 4.66. The molecule has 0 spiro atoms. The van der Waals surface area contributed by atoms with E-state index in [2.05, 4.69) is 19.1 Å². The van der Waals surface area contributed by atoms with E-state index >= 15 is 0 Å². The van der Waals surface area contributed by atoms with Gasteiger partial charge >= 0.3 is 0 Å². The van der Waals surface area contributed by atoms with Gasteiger partial charge in [-0.15, -0.1) is 11.3 Å². The van der Waals surface area contributed by atoms with E-state index in [4.69, 9.17) is 15.5 Å². The maximum atomic E-state index is 6.05. The molecule has 0 amide bonds. The Morgan fingerprint density at radius 2 is 1.86 bits per heavy atom. The second-order valence-corrected chi connectivity index (χ2v) is 6.18. The lowest BCUT2D eigenvalue weighted by atomic mass is 10.1. The second kappa shape index (κ2) is 6.20. The monoisotopic (exact) mass is 310 g/mol. The summed E-state index contributed by atoms with van der Waals surface area (Å²) in [7, 11) is 0. The van der Waals surface area contributed by atoms with Crippen LogP contribution in [0, 0.1) is 6.92 Å². The average molecular weight is 310 g/mol. The van der Waals surface area contributed by atoms with Crippen molar-refractivity contribution in [2.45, 2.75) is 13.8 Å². The topological polar surface area (TPSA) is 48.1 Å². The van der Waals surface area contributed by atoms with E-state index in [9.17, 15) is 0 Å². The van der Waals surface area contributed by atoms with Crippen molar-refractivity contribution in [2.24, 2.45) is 0 Å². The summed E-state index contributed by atoms with van der Waals surface area (Å²) < 4.78 is 5.48. The first-order valence-electron chi connectivity index (χ1n) is 7.24. The SMILES string of the molecule is CCOc1ccc(-c2nc(-c3ccccc3)c(C)s2)cc1N. The standard InChI is InChI=1S/C18H18N2OS/c1-3-21-16-10-9-14(11-15(16)19)18-20-17(12(2)22-18)13-7-5-4-6-8-13/h4-11H,3,19H2,1-2H3. The molecule has 2 aromatic carbocycles. The van der Waals surface area contributed by atoms with Crippen LogP contribution in [0.1, 0.15) is 11.8 Å². The number of anilines is 1. The Hall–Kier alpha value is -2.33. The minimum atomic E-state index is 0.609. The summed E-state index contributed by atoms with van der Waals surface area (Å²) in [6.07, 6.45) is 0. The molecule has 1 aromatic heterocycles. The number of hydrogen-bond acceptors (Lipinski definition) is 4. The third-order valence-corrected chi connectivity index (χ3v) is 4.42. The molecule has 0 saturated carbocycles. The van der Waals surface area contributed by atoms with Crippen molar-refractivity contribution in [3.63, 3.8) is 0 Å². The molecule has 0 unspecified atom stereocenters. The van der Waals surface area contributed by atoms with Crippen molar-refractivity contribution in [3.8, 4) is 27.6 Å². The van der Waals surface area contributed by atoms with Gasteiger partial charge in [-0.1, -0.05) is 30.3 Å². The molecule has 3 rings (SSSR count). The fourth-order valence-electron chi connectivity index (χ4n) is 2.35. The molecular formula is C18H18N2OS. The minimum absolute atomic E-state index is 0.609. The first-order valence-corrected chi connectivity index (χ1v) is 8.06. The maximum Gasteiger partial charge on any atom is 0.142 e. The van der Waals surface area contributed by atoms with Crippen LogP contribution >= 0.6 is 11.3 Å². The Morgan fingerprint density at radius 3 is 2.55 bits per heavy atom. The van der Waals surface area contributed by atoms with Crippen LogP contribution in [0.25, 0.3) is 21.8 Å². The van der Waals surface area contributed by atoms with E-state index in [1.165, 1.54) is 4.88 Å². The van der Waals surface area contributed by atoms with Gasteiger partial charge in [-0.05, 0) is 32.0 Å². The summed E-state index contributed by atoms with van der Waals surface area (Å²) in [5.41, 5.74) is 9.90. The van der Waals surface area contributed by atoms with E-state index in [1.54, 1.807) is 11.3 Å². The van der Waals surface area contributed by atoms with Gasteiger partial charge < -0.3 is 10.5 Å². The largest absolute Gasteiger partial charge is 0.492 e. The fraction of sp³-hybridized carbons (Fsp3) is 0.167. The molecule has 2 N–H and O–H groups in total. The minimum Gasteiger partial charge on any atom is -0.492 e. The van der Waals surface area contributed by atoms with E-state index in [1.807, 2.05) is 43.3 Å². The zero-order chi connectivity index (χ0) is 15.5. The summed E-state index contributed by atoms with van der Waals surface area (Å²) >= 11 is 1.68. The lowest BCUT2D eigenvalue weighted by molar-refractivity contribution is 0.342. The molecule has 0 aliphatic rings. The molecule has 0 aliphatic carbocycles. The highest BCUT2D eigenvalue weighted by Gasteiger charge is 2.12. The Labute approximate surface area is 134 Å². The van der Waals surface area contributed by atoms with E-state index < -0.39 is 0 Å². The van der Waals surface area contributed by atoms with Crippen LogP contribution in [-0.4, -0.2) is 11.6 Å². The first kappa shape index (κ1) is 14.6. The molecule has 1 heterocycles. The van der Waals surface area contributed by atoms with E-state index in [0.29, 0.717) is 12.3 Å². The Kier molecular flexibility index (Phi) is 4.11. The third-order valence-electron chi connectivity index (χ3n) is 3.40. The van der Waals surface area contributed by atoms with Crippen LogP contribution in [0.5, 0.6) is 5.75 Å². The molecule has 112 valence electrons. The number of aryl methyl sites for hydroxylation is 1. The van der Waals surface area contributed by atoms with Gasteiger partial charge in [-0.25, -0.2) is 4.98 Å². The van der Waals surface area contributed by atoms with E-state index in [0.717, 1.165) is 27.6 Å². The van der Waals surface area contributed by atoms with Gasteiger partial charge in [-0.2, -0.15) is 0 Å². The lowest BCUT2D eigenvalue weighted by Gasteiger charge is -2.07. The molecule has 0 bridgehead atoms. The summed E-state index contributed by atoms with van der Waals surface area (Å²) in [6, 6.07) is 16.1. The van der Waals surface area contributed by atoms with Crippen LogP contribution in [-0.2, 0) is 0 Å². The zero-order valence-corrected chi connectivity index (χ0v) is 13.5. The Morgan fingerprint density at radius 1 is 1.09 bits per heavy atom. The van der Waals surface area contributed by atoms with Crippen LogP contribution in [0.15, 0.2) is 48.5 Å². The van der Waals surface area contributed by atoms with Crippen molar-refractivity contribution in [2.75, 3.05) is 12.3 Å². The smallest absolute Gasteiger partial charge is 0.142 e. The molecule has 4 heteroatoms. The summed E-state index contributed by atoms with van der Waals surface area (Å²) in [4.78, 5) is 5.99. The Balaban J connectivity index is 1.98. The first-order chi connectivity index (χ1) is 10.7. The molecule has 0 radical (unpaired) electrons. The number of hydrogen-bond donors (Lipinski definition) is 1. The van der Waals surface area contributed by atoms with E-state index in [-0.39, 0.29) is 0 Å². The molecular weight excluding hydrogens is 292 g/mol. The average Bonchev–Trinajstić information content (AvgIpc) is 2.92. The predicted molar refractivity (Wildman–Crippen MR) is 93.3 cm³/mol. The van der Waals surface area contributed by atoms with Crippen molar-refractivity contribution < 1.29 is 4.74 Å². The van der Waals surface area contributed by atoms with Crippen LogP contribution in [0.2, 0.25) is 0 Å². The van der Waals surface area contributed by atoms with Gasteiger partial charge in [0.05, 0.1) is 18.0 Å². The second-order valence-electron chi connectivity index (χ2n) is 4.98. The van der Waals surface area contributed by atoms with Gasteiger partial charge in [-0.3, -0.25) is 0 Å². The number of rotatable bonds is 4. The van der Waals surface area contributed by atoms with Crippen LogP contribution < -0.4 is 10.5 Å². The maximum absolute atomic E-state index is 6.05. The zero-order valence-electron chi connectivity index (χ0n) is 12.7. The van der Waals surface area contributed by atoms with Gasteiger partial charge in [0, 0.05) is 16.0 Å². The summed E-state index contributed by atoms with van der Waals surface area (Å²) in [5.74, 6) is 0.725. The van der Waals surface area contributed by atoms with Gasteiger partial charge in [0.2, 0.25) is 0 Å². The van der Waals surface area contributed by atoms with Crippen molar-refractivity contribution >= 4 is 17.0 Å². The third kappa shape index (κ3) is 2.83. The van der Waals surface area contributed by atoms with Gasteiger partial charge in [0.1, 0.15) is 10.8 Å². The van der Waals surface area contributed by atoms with Crippen LogP contribution in [0.3, 0.4) is 0 Å². The van der Waals surface area contributed by atoms with Gasteiger partial charge in [0.25, 0.3) is 0 Å². The molecule has 22 heavy (non-hydrogen) atoms. The Bertz CT molecular complexity index is 781. The molecule has 0 atom stereocenters. The highest BCUT2D eigenvalue weighted by Crippen LogP contribution is 2.35. The normalized spacial score (nSPS) is 10.6. The number of nitrogen functional groups attached to an aromatic ring is 1. The highest BCUT2D eigenvalue weighted by atomic mass is 32.1. The van der Waals surface area contributed by atoms with Crippen molar-refractivity contribution in [3.05, 3.63) is 53.4 Å². The number of benzene rings is 2. The molecule has 3 nitrogen and oxygen atoms in total. The number of aromatic nitrogens is 1. The van der Waals surface area contributed by atoms with Gasteiger partial charge in [0.15, 0.2) is 0 Å². The molecule has 0 fully saturated rings. The molecule has 0 aliphatic heterocycles. The van der Waals surface area contributed by atoms with Crippen molar-refractivity contribution in [1.82, 2.24) is 4.98 Å². The molecule has 0 saturated heterocycles. The van der Waals surface area contributed by atoms with Crippen LogP contribution in [0.4, 0.5) is 5.69 Å². The number of nitrogens with zero attached hydrogens (tertiary/aromatic N) is 1. The number of ether oxygens (including phenoxy) is 1. The predicted octanol–water partition coefficient (Wildman–Crippen LogP) is 4.77. The summed E-state index contributed by atoms with van der Waals surface area (Å²) in [5, 5.41) is 0.978. The number of nitrogens with two attached hydrogens (primary N) is 1. The number of thiazole rings is 1. The molecule has 3 aromatic rings. The quantitative estimate of drug-likeness (QED) is 0.706. The van der Waals surface area contributed by atoms with Crippen molar-refractivity contribution in [1.29, 1.82) is 0 Å². The highest BCUT2D eigenvalue weighted by molar-refractivity contribution is 7.15. The fourth-order valence-corrected chi connectivity index (χ4v) is 3.28. The lowest BCUT2D eigenvalue weighted by Crippen LogP contribution is -1.96.